The van der Waals surface area contributed by atoms with Crippen molar-refractivity contribution in [2.45, 2.75) is 52.5 Å². The summed E-state index contributed by atoms with van der Waals surface area (Å²) in [6, 6.07) is 5.75. The Bertz CT molecular complexity index is 432. The van der Waals surface area contributed by atoms with Crippen molar-refractivity contribution in [3.63, 3.8) is 0 Å². The number of hydrogen-bond acceptors (Lipinski definition) is 4. The lowest BCUT2D eigenvalue weighted by molar-refractivity contribution is 0.0527. The number of benzene rings is 1. The van der Waals surface area contributed by atoms with Gasteiger partial charge in [-0.1, -0.05) is 32.3 Å². The summed E-state index contributed by atoms with van der Waals surface area (Å²) in [5, 5.41) is 3.37. The smallest absolute Gasteiger partial charge is 0.340 e. The Balaban J connectivity index is 2.71. The Morgan fingerprint density at radius 3 is 2.75 bits per heavy atom. The van der Waals surface area contributed by atoms with E-state index < -0.39 is 0 Å². The molecular formula is C16H26N2O2. The van der Waals surface area contributed by atoms with Crippen LogP contribution in [0.2, 0.25) is 0 Å². The average Bonchev–Trinajstić information content (AvgIpc) is 2.41. The molecule has 1 unspecified atom stereocenters. The third kappa shape index (κ3) is 4.76. The van der Waals surface area contributed by atoms with Crippen LogP contribution in [0.25, 0.3) is 0 Å². The second kappa shape index (κ2) is 8.46. The molecule has 0 saturated heterocycles. The third-order valence-electron chi connectivity index (χ3n) is 3.24. The molecule has 0 aliphatic carbocycles. The molecule has 0 aliphatic rings. The zero-order valence-corrected chi connectivity index (χ0v) is 12.7. The number of para-hydroxylation sites is 1. The predicted octanol–water partition coefficient (Wildman–Crippen LogP) is 3.83. The van der Waals surface area contributed by atoms with Gasteiger partial charge in [0.2, 0.25) is 0 Å². The first-order valence-electron chi connectivity index (χ1n) is 7.42. The van der Waals surface area contributed by atoms with Gasteiger partial charge >= 0.3 is 5.97 Å². The van der Waals surface area contributed by atoms with Gasteiger partial charge in [-0.15, -0.1) is 0 Å². The molecule has 4 nitrogen and oxygen atoms in total. The first-order valence-corrected chi connectivity index (χ1v) is 7.42. The zero-order chi connectivity index (χ0) is 15.0. The molecule has 20 heavy (non-hydrogen) atoms. The van der Waals surface area contributed by atoms with E-state index in [1.165, 1.54) is 19.3 Å². The van der Waals surface area contributed by atoms with Gasteiger partial charge in [0.05, 0.1) is 23.5 Å². The van der Waals surface area contributed by atoms with Gasteiger partial charge in [-0.05, 0) is 32.4 Å². The van der Waals surface area contributed by atoms with Gasteiger partial charge < -0.3 is 15.8 Å². The lowest BCUT2D eigenvalue weighted by Crippen LogP contribution is -2.17. The Morgan fingerprint density at radius 1 is 1.35 bits per heavy atom. The Kier molecular flexibility index (Phi) is 6.91. The Morgan fingerprint density at radius 2 is 2.10 bits per heavy atom. The van der Waals surface area contributed by atoms with Gasteiger partial charge in [-0.2, -0.15) is 0 Å². The SMILES string of the molecule is CCCCCC(C)Nc1cccc(C(=O)OCC)c1N. The molecule has 4 heteroatoms. The summed E-state index contributed by atoms with van der Waals surface area (Å²) in [6.45, 7) is 6.46. The minimum Gasteiger partial charge on any atom is -0.462 e. The van der Waals surface area contributed by atoms with Gasteiger partial charge in [0, 0.05) is 6.04 Å². The number of nitrogen functional groups attached to an aromatic ring is 1. The minimum absolute atomic E-state index is 0.335. The Hall–Kier alpha value is -1.71. The molecule has 0 aliphatic heterocycles. The van der Waals surface area contributed by atoms with E-state index in [-0.39, 0.29) is 5.97 Å². The molecule has 0 radical (unpaired) electrons. The number of hydrogen-bond donors (Lipinski definition) is 2. The number of rotatable bonds is 8. The maximum absolute atomic E-state index is 11.8. The lowest BCUT2D eigenvalue weighted by atomic mass is 10.1. The van der Waals surface area contributed by atoms with Crippen LogP contribution in [0.15, 0.2) is 18.2 Å². The molecule has 1 aromatic rings. The van der Waals surface area contributed by atoms with Crippen LogP contribution in [0, 0.1) is 0 Å². The number of carbonyl (C=O) groups is 1. The zero-order valence-electron chi connectivity index (χ0n) is 12.7. The molecule has 0 bridgehead atoms. The maximum atomic E-state index is 11.8. The third-order valence-corrected chi connectivity index (χ3v) is 3.24. The van der Waals surface area contributed by atoms with E-state index in [9.17, 15) is 4.79 Å². The predicted molar refractivity (Wildman–Crippen MR) is 84.0 cm³/mol. The number of esters is 1. The van der Waals surface area contributed by atoms with E-state index >= 15 is 0 Å². The van der Waals surface area contributed by atoms with Gasteiger partial charge in [-0.25, -0.2) is 4.79 Å². The first-order chi connectivity index (χ1) is 9.60. The molecule has 1 aromatic carbocycles. The van der Waals surface area contributed by atoms with Gasteiger partial charge in [-0.3, -0.25) is 0 Å². The standard InChI is InChI=1S/C16H26N2O2/c1-4-6-7-9-12(3)18-14-11-8-10-13(15(14)17)16(19)20-5-2/h8,10-12,18H,4-7,9,17H2,1-3H3. The summed E-state index contributed by atoms with van der Waals surface area (Å²) >= 11 is 0. The van der Waals surface area contributed by atoms with Crippen molar-refractivity contribution in [2.24, 2.45) is 0 Å². The molecule has 0 heterocycles. The van der Waals surface area contributed by atoms with Crippen LogP contribution >= 0.6 is 0 Å². The maximum Gasteiger partial charge on any atom is 0.340 e. The van der Waals surface area contributed by atoms with Crippen molar-refractivity contribution < 1.29 is 9.53 Å². The van der Waals surface area contributed by atoms with Gasteiger partial charge in [0.1, 0.15) is 0 Å². The first kappa shape index (κ1) is 16.3. The van der Waals surface area contributed by atoms with E-state index in [0.717, 1.165) is 12.1 Å². The van der Waals surface area contributed by atoms with Crippen LogP contribution in [-0.2, 0) is 4.74 Å². The van der Waals surface area contributed by atoms with E-state index in [2.05, 4.69) is 19.2 Å². The van der Waals surface area contributed by atoms with Crippen LogP contribution < -0.4 is 11.1 Å². The van der Waals surface area contributed by atoms with Crippen LogP contribution in [0.1, 0.15) is 56.8 Å². The van der Waals surface area contributed by atoms with E-state index in [1.54, 1.807) is 13.0 Å². The number of nitrogens with two attached hydrogens (primary N) is 1. The summed E-state index contributed by atoms with van der Waals surface area (Å²) in [5.74, 6) is -0.368. The fourth-order valence-corrected chi connectivity index (χ4v) is 2.12. The number of unbranched alkanes of at least 4 members (excludes halogenated alkanes) is 2. The molecule has 0 spiro atoms. The molecular weight excluding hydrogens is 252 g/mol. The largest absolute Gasteiger partial charge is 0.462 e. The summed E-state index contributed by atoms with van der Waals surface area (Å²) in [7, 11) is 0. The summed E-state index contributed by atoms with van der Waals surface area (Å²) in [6.07, 6.45) is 4.75. The molecule has 1 atom stereocenters. The quantitative estimate of drug-likeness (QED) is 0.431. The number of nitrogens with one attached hydrogen (secondary N) is 1. The normalized spacial score (nSPS) is 11.9. The topological polar surface area (TPSA) is 64.3 Å². The van der Waals surface area contributed by atoms with Gasteiger partial charge in [0.15, 0.2) is 0 Å². The molecule has 0 aromatic heterocycles. The van der Waals surface area contributed by atoms with Crippen LogP contribution in [0.5, 0.6) is 0 Å². The molecule has 3 N–H and O–H groups in total. The second-order valence-electron chi connectivity index (χ2n) is 5.03. The number of anilines is 2. The molecule has 0 amide bonds. The monoisotopic (exact) mass is 278 g/mol. The summed E-state index contributed by atoms with van der Waals surface area (Å²) in [4.78, 5) is 11.8. The van der Waals surface area contributed by atoms with E-state index in [4.69, 9.17) is 10.5 Å². The van der Waals surface area contributed by atoms with Crippen LogP contribution in [0.4, 0.5) is 11.4 Å². The molecule has 0 fully saturated rings. The van der Waals surface area contributed by atoms with Crippen molar-refractivity contribution in [3.8, 4) is 0 Å². The number of ether oxygens (including phenoxy) is 1. The van der Waals surface area contributed by atoms with Crippen molar-refractivity contribution >= 4 is 17.3 Å². The van der Waals surface area contributed by atoms with Crippen molar-refractivity contribution in [3.05, 3.63) is 23.8 Å². The van der Waals surface area contributed by atoms with Crippen molar-refractivity contribution in [1.82, 2.24) is 0 Å². The number of carbonyl (C=O) groups excluding carboxylic acids is 1. The van der Waals surface area contributed by atoms with Crippen LogP contribution in [0.3, 0.4) is 0 Å². The lowest BCUT2D eigenvalue weighted by Gasteiger charge is -2.18. The Labute approximate surface area is 121 Å². The molecule has 1 rings (SSSR count). The summed E-state index contributed by atoms with van der Waals surface area (Å²) < 4.78 is 5.00. The summed E-state index contributed by atoms with van der Waals surface area (Å²) in [5.41, 5.74) is 7.75. The van der Waals surface area contributed by atoms with E-state index in [1.807, 2.05) is 12.1 Å². The van der Waals surface area contributed by atoms with Crippen molar-refractivity contribution in [1.29, 1.82) is 0 Å². The second-order valence-corrected chi connectivity index (χ2v) is 5.03. The minimum atomic E-state index is -0.368. The fraction of sp³-hybridized carbons (Fsp3) is 0.562. The highest BCUT2D eigenvalue weighted by Gasteiger charge is 2.14. The molecule has 0 saturated carbocycles. The highest BCUT2D eigenvalue weighted by molar-refractivity contribution is 5.98. The van der Waals surface area contributed by atoms with E-state index in [0.29, 0.717) is 23.9 Å². The highest BCUT2D eigenvalue weighted by atomic mass is 16.5. The highest BCUT2D eigenvalue weighted by Crippen LogP contribution is 2.25. The molecule has 112 valence electrons. The van der Waals surface area contributed by atoms with Crippen molar-refractivity contribution in [2.75, 3.05) is 17.7 Å². The van der Waals surface area contributed by atoms with Gasteiger partial charge in [0.25, 0.3) is 0 Å². The fourth-order valence-electron chi connectivity index (χ4n) is 2.12. The average molecular weight is 278 g/mol. The van der Waals surface area contributed by atoms with Crippen LogP contribution in [-0.4, -0.2) is 18.6 Å².